The molecule has 3 atom stereocenters. The van der Waals surface area contributed by atoms with E-state index >= 15 is 0 Å². The van der Waals surface area contributed by atoms with Crippen molar-refractivity contribution in [2.75, 3.05) is 0 Å². The van der Waals surface area contributed by atoms with Crippen molar-refractivity contribution in [1.29, 1.82) is 0 Å². The fourth-order valence-corrected chi connectivity index (χ4v) is 8.11. The lowest BCUT2D eigenvalue weighted by molar-refractivity contribution is 0.0769. The molecule has 1 aromatic heterocycles. The van der Waals surface area contributed by atoms with Crippen molar-refractivity contribution < 1.29 is 13.5 Å². The third-order valence-electron chi connectivity index (χ3n) is 7.58. The number of aliphatic hydroxyl groups is 1. The summed E-state index contributed by atoms with van der Waals surface area (Å²) in [5.41, 5.74) is 5.37. The number of sulfonamides is 1. The SMILES string of the molecule is Cc1ccc(-c2cnc(-c3ccc(Cl)c(S(=O)(=O)N4C5CC[C@@H]4C[C@H](O)C5)c3)[nH]2)cc1C1CC1. The van der Waals surface area contributed by atoms with E-state index in [1.807, 2.05) is 0 Å². The second-order valence-electron chi connectivity index (χ2n) is 9.98. The van der Waals surface area contributed by atoms with Crippen LogP contribution in [0.15, 0.2) is 47.5 Å². The molecule has 2 saturated heterocycles. The number of aryl methyl sites for hydroxylation is 1. The Kier molecular flexibility index (Phi) is 5.37. The van der Waals surface area contributed by atoms with Gasteiger partial charge in [-0.3, -0.25) is 0 Å². The Morgan fingerprint density at radius 3 is 2.44 bits per heavy atom. The maximum Gasteiger partial charge on any atom is 0.245 e. The molecule has 0 radical (unpaired) electrons. The minimum Gasteiger partial charge on any atom is -0.393 e. The Morgan fingerprint density at radius 2 is 1.74 bits per heavy atom. The highest BCUT2D eigenvalue weighted by Gasteiger charge is 2.47. The summed E-state index contributed by atoms with van der Waals surface area (Å²) in [5.74, 6) is 1.27. The van der Waals surface area contributed by atoms with Crippen molar-refractivity contribution in [3.8, 4) is 22.6 Å². The number of benzene rings is 2. The van der Waals surface area contributed by atoms with Gasteiger partial charge in [-0.05, 0) is 92.3 Å². The van der Waals surface area contributed by atoms with Crippen LogP contribution in [0.4, 0.5) is 0 Å². The smallest absolute Gasteiger partial charge is 0.245 e. The number of hydrogen-bond acceptors (Lipinski definition) is 4. The predicted octanol–water partition coefficient (Wildman–Crippen LogP) is 5.26. The molecule has 1 unspecified atom stereocenters. The Bertz CT molecular complexity index is 1350. The summed E-state index contributed by atoms with van der Waals surface area (Å²) in [6.07, 6.45) is 6.37. The number of rotatable bonds is 5. The van der Waals surface area contributed by atoms with Gasteiger partial charge >= 0.3 is 0 Å². The van der Waals surface area contributed by atoms with Crippen LogP contribution in [0, 0.1) is 6.92 Å². The van der Waals surface area contributed by atoms with Gasteiger partial charge < -0.3 is 10.1 Å². The minimum absolute atomic E-state index is 0.101. The van der Waals surface area contributed by atoms with Crippen molar-refractivity contribution >= 4 is 21.6 Å². The van der Waals surface area contributed by atoms with Crippen LogP contribution in [-0.2, 0) is 10.0 Å². The number of fused-ring (bicyclic) bond motifs is 2. The number of hydrogen-bond donors (Lipinski definition) is 2. The number of imidazole rings is 1. The minimum atomic E-state index is -3.79. The molecule has 8 heteroatoms. The third-order valence-corrected chi connectivity index (χ3v) is 10.1. The third kappa shape index (κ3) is 3.79. The van der Waals surface area contributed by atoms with Crippen LogP contribution in [0.5, 0.6) is 0 Å². The average Bonchev–Trinajstić information content (AvgIpc) is 3.45. The maximum atomic E-state index is 13.7. The van der Waals surface area contributed by atoms with Gasteiger partial charge in [0.2, 0.25) is 10.0 Å². The zero-order valence-corrected chi connectivity index (χ0v) is 20.6. The number of H-pyrrole nitrogens is 1. The predicted molar refractivity (Wildman–Crippen MR) is 132 cm³/mol. The van der Waals surface area contributed by atoms with E-state index in [1.165, 1.54) is 24.0 Å². The monoisotopic (exact) mass is 497 g/mol. The normalized spacial score (nSPS) is 25.1. The van der Waals surface area contributed by atoms with Crippen molar-refractivity contribution in [3.05, 3.63) is 58.7 Å². The molecule has 2 N–H and O–H groups in total. The van der Waals surface area contributed by atoms with Gasteiger partial charge in [-0.25, -0.2) is 13.4 Å². The lowest BCUT2D eigenvalue weighted by atomic mass is 10.00. The lowest BCUT2D eigenvalue weighted by Crippen LogP contribution is -2.47. The summed E-state index contributed by atoms with van der Waals surface area (Å²) < 4.78 is 28.9. The molecular formula is C26H28ClN3O3S. The van der Waals surface area contributed by atoms with Crippen LogP contribution in [0.3, 0.4) is 0 Å². The van der Waals surface area contributed by atoms with Crippen molar-refractivity contribution in [3.63, 3.8) is 0 Å². The first-order valence-electron chi connectivity index (χ1n) is 12.0. The van der Waals surface area contributed by atoms with E-state index < -0.39 is 16.1 Å². The van der Waals surface area contributed by atoms with Crippen molar-refractivity contribution in [2.24, 2.45) is 0 Å². The Hall–Kier alpha value is -2.19. The average molecular weight is 498 g/mol. The van der Waals surface area contributed by atoms with Crippen LogP contribution in [0.25, 0.3) is 22.6 Å². The van der Waals surface area contributed by atoms with Crippen LogP contribution in [0.2, 0.25) is 5.02 Å². The summed E-state index contributed by atoms with van der Waals surface area (Å²) in [4.78, 5) is 8.02. The van der Waals surface area contributed by atoms with Crippen LogP contribution >= 0.6 is 11.6 Å². The van der Waals surface area contributed by atoms with Crippen LogP contribution < -0.4 is 0 Å². The number of aliphatic hydroxyl groups excluding tert-OH is 1. The number of aromatic nitrogens is 2. The van der Waals surface area contributed by atoms with Gasteiger partial charge in [0.25, 0.3) is 0 Å². The second-order valence-corrected chi connectivity index (χ2v) is 12.2. The summed E-state index contributed by atoms with van der Waals surface area (Å²) >= 11 is 6.41. The highest BCUT2D eigenvalue weighted by Crippen LogP contribution is 2.43. The van der Waals surface area contributed by atoms with E-state index in [0.717, 1.165) is 24.1 Å². The molecular weight excluding hydrogens is 470 g/mol. The van der Waals surface area contributed by atoms with Crippen molar-refractivity contribution in [2.45, 2.75) is 74.4 Å². The van der Waals surface area contributed by atoms with E-state index in [2.05, 4.69) is 35.1 Å². The van der Waals surface area contributed by atoms with Gasteiger partial charge in [-0.15, -0.1) is 0 Å². The first-order chi connectivity index (χ1) is 16.3. The van der Waals surface area contributed by atoms with Gasteiger partial charge in [0, 0.05) is 17.6 Å². The molecule has 3 heterocycles. The van der Waals surface area contributed by atoms with Crippen molar-refractivity contribution in [1.82, 2.24) is 14.3 Å². The van der Waals surface area contributed by atoms with E-state index in [4.69, 9.17) is 11.6 Å². The standard InChI is InChI=1S/C26H28ClN3O3S/c1-15-2-3-17(10-22(15)16-4-5-16)24-14-28-26(29-24)18-6-9-23(27)25(11-18)34(32,33)30-19-7-8-20(30)13-21(31)12-19/h2-3,6,9-11,14,16,19-21,31H,4-5,7-8,12-13H2,1H3,(H,28,29)/t19-,20?,21+/m1/s1. The molecule has 1 aliphatic carbocycles. The van der Waals surface area contributed by atoms with Gasteiger partial charge in [-0.2, -0.15) is 4.31 Å². The molecule has 2 bridgehead atoms. The topological polar surface area (TPSA) is 86.3 Å². The summed E-state index contributed by atoms with van der Waals surface area (Å²) in [5, 5.41) is 10.3. The van der Waals surface area contributed by atoms with Gasteiger partial charge in [0.1, 0.15) is 10.7 Å². The summed E-state index contributed by atoms with van der Waals surface area (Å²) in [6.45, 7) is 2.15. The van der Waals surface area contributed by atoms with E-state index in [0.29, 0.717) is 30.1 Å². The first-order valence-corrected chi connectivity index (χ1v) is 13.8. The molecule has 34 heavy (non-hydrogen) atoms. The number of nitrogens with one attached hydrogen (secondary N) is 1. The van der Waals surface area contributed by atoms with Crippen LogP contribution in [0.1, 0.15) is 55.6 Å². The molecule has 2 aromatic carbocycles. The number of nitrogens with zero attached hydrogens (tertiary/aromatic N) is 2. The van der Waals surface area contributed by atoms with Gasteiger partial charge in [-0.1, -0.05) is 23.7 Å². The highest BCUT2D eigenvalue weighted by atomic mass is 35.5. The van der Waals surface area contributed by atoms with E-state index in [1.54, 1.807) is 28.7 Å². The van der Waals surface area contributed by atoms with E-state index in [9.17, 15) is 13.5 Å². The zero-order chi connectivity index (χ0) is 23.6. The molecule has 3 fully saturated rings. The van der Waals surface area contributed by atoms with Gasteiger partial charge in [0.15, 0.2) is 0 Å². The summed E-state index contributed by atoms with van der Waals surface area (Å²) in [6, 6.07) is 11.2. The fourth-order valence-electron chi connectivity index (χ4n) is 5.72. The molecule has 0 spiro atoms. The molecule has 6 rings (SSSR count). The summed E-state index contributed by atoms with van der Waals surface area (Å²) in [7, 11) is -3.79. The Labute approximate surface area is 205 Å². The molecule has 2 aliphatic heterocycles. The van der Waals surface area contributed by atoms with Crippen LogP contribution in [-0.4, -0.2) is 46.0 Å². The first kappa shape index (κ1) is 22.3. The van der Waals surface area contributed by atoms with Gasteiger partial charge in [0.05, 0.1) is 23.0 Å². The highest BCUT2D eigenvalue weighted by molar-refractivity contribution is 7.89. The maximum absolute atomic E-state index is 13.7. The van der Waals surface area contributed by atoms with E-state index in [-0.39, 0.29) is 22.0 Å². The molecule has 0 amide bonds. The zero-order valence-electron chi connectivity index (χ0n) is 19.0. The molecule has 3 aromatic rings. The Morgan fingerprint density at radius 1 is 1.03 bits per heavy atom. The number of aromatic amines is 1. The molecule has 6 nitrogen and oxygen atoms in total. The molecule has 1 saturated carbocycles. The second kappa shape index (κ2) is 8.19. The fraction of sp³-hybridized carbons (Fsp3) is 0.423. The Balaban J connectivity index is 1.33. The lowest BCUT2D eigenvalue weighted by Gasteiger charge is -2.36. The molecule has 3 aliphatic rings. The number of halogens is 1. The quantitative estimate of drug-likeness (QED) is 0.503. The number of piperidine rings is 1. The molecule has 178 valence electrons. The largest absolute Gasteiger partial charge is 0.393 e.